The van der Waals surface area contributed by atoms with Gasteiger partial charge in [-0.25, -0.2) is 4.39 Å². The molecule has 0 atom stereocenters. The van der Waals surface area contributed by atoms with Gasteiger partial charge in [0.25, 0.3) is 17.7 Å². The Morgan fingerprint density at radius 3 is 2.33 bits per heavy atom. The van der Waals surface area contributed by atoms with Crippen molar-refractivity contribution in [2.45, 2.75) is 0 Å². The fourth-order valence-corrected chi connectivity index (χ4v) is 2.33. The Hall–Kier alpha value is -3.94. The van der Waals surface area contributed by atoms with Crippen molar-refractivity contribution in [1.29, 1.82) is 0 Å². The second-order valence-corrected chi connectivity index (χ2v) is 5.53. The Labute approximate surface area is 153 Å². The van der Waals surface area contributed by atoms with Gasteiger partial charge in [0.15, 0.2) is 5.76 Å². The van der Waals surface area contributed by atoms with E-state index in [0.717, 1.165) is 12.1 Å². The molecule has 3 amide bonds. The molecule has 0 radical (unpaired) electrons. The second-order valence-electron chi connectivity index (χ2n) is 5.53. The number of furan rings is 1. The van der Waals surface area contributed by atoms with E-state index in [1.54, 1.807) is 18.2 Å². The largest absolute Gasteiger partial charge is 0.459 e. The van der Waals surface area contributed by atoms with Crippen LogP contribution in [0.4, 0.5) is 15.8 Å². The first kappa shape index (κ1) is 17.9. The molecule has 1 heterocycles. The SMILES string of the molecule is NC(=O)c1cc(NC(=O)c2cccc(NC(=O)c3ccco3)c2)ccc1F. The number of amides is 3. The molecule has 0 aliphatic heterocycles. The van der Waals surface area contributed by atoms with E-state index in [2.05, 4.69) is 10.6 Å². The highest BCUT2D eigenvalue weighted by Gasteiger charge is 2.13. The molecule has 136 valence electrons. The maximum Gasteiger partial charge on any atom is 0.291 e. The molecule has 4 N–H and O–H groups in total. The number of hydrogen-bond donors (Lipinski definition) is 3. The van der Waals surface area contributed by atoms with Crippen molar-refractivity contribution < 1.29 is 23.2 Å². The first-order chi connectivity index (χ1) is 12.9. The number of hydrogen-bond acceptors (Lipinski definition) is 4. The van der Waals surface area contributed by atoms with Crippen molar-refractivity contribution in [1.82, 2.24) is 0 Å². The quantitative estimate of drug-likeness (QED) is 0.643. The smallest absolute Gasteiger partial charge is 0.291 e. The number of benzene rings is 2. The Bertz CT molecular complexity index is 1020. The van der Waals surface area contributed by atoms with Crippen LogP contribution in [0.3, 0.4) is 0 Å². The lowest BCUT2D eigenvalue weighted by molar-refractivity contribution is 0.0988. The molecule has 1 aromatic heterocycles. The van der Waals surface area contributed by atoms with Crippen LogP contribution < -0.4 is 16.4 Å². The zero-order valence-electron chi connectivity index (χ0n) is 13.9. The van der Waals surface area contributed by atoms with E-state index in [9.17, 15) is 18.8 Å². The molecule has 0 saturated heterocycles. The van der Waals surface area contributed by atoms with Crippen molar-refractivity contribution in [3.8, 4) is 0 Å². The average Bonchev–Trinajstić information content (AvgIpc) is 3.18. The predicted octanol–water partition coefficient (Wildman–Crippen LogP) is 3.02. The van der Waals surface area contributed by atoms with Crippen LogP contribution in [0.15, 0.2) is 65.3 Å². The van der Waals surface area contributed by atoms with Gasteiger partial charge in [0, 0.05) is 16.9 Å². The normalized spacial score (nSPS) is 10.3. The van der Waals surface area contributed by atoms with Gasteiger partial charge in [-0.15, -0.1) is 0 Å². The highest BCUT2D eigenvalue weighted by atomic mass is 19.1. The van der Waals surface area contributed by atoms with E-state index < -0.39 is 23.5 Å². The number of rotatable bonds is 5. The van der Waals surface area contributed by atoms with Gasteiger partial charge in [-0.3, -0.25) is 14.4 Å². The second kappa shape index (κ2) is 7.52. The van der Waals surface area contributed by atoms with Crippen molar-refractivity contribution >= 4 is 29.1 Å². The van der Waals surface area contributed by atoms with Gasteiger partial charge < -0.3 is 20.8 Å². The van der Waals surface area contributed by atoms with Crippen molar-refractivity contribution in [3.05, 3.63) is 83.6 Å². The van der Waals surface area contributed by atoms with E-state index >= 15 is 0 Å². The number of primary amides is 1. The molecule has 3 aromatic rings. The molecule has 0 spiro atoms. The van der Waals surface area contributed by atoms with Crippen LogP contribution in [-0.2, 0) is 0 Å². The average molecular weight is 367 g/mol. The summed E-state index contributed by atoms with van der Waals surface area (Å²) < 4.78 is 18.5. The van der Waals surface area contributed by atoms with Crippen molar-refractivity contribution in [3.63, 3.8) is 0 Å². The summed E-state index contributed by atoms with van der Waals surface area (Å²) in [4.78, 5) is 35.6. The van der Waals surface area contributed by atoms with Gasteiger partial charge >= 0.3 is 0 Å². The molecule has 2 aromatic carbocycles. The van der Waals surface area contributed by atoms with Gasteiger partial charge in [-0.2, -0.15) is 0 Å². The minimum atomic E-state index is -0.939. The minimum absolute atomic E-state index is 0.134. The number of anilines is 2. The summed E-state index contributed by atoms with van der Waals surface area (Å²) >= 11 is 0. The van der Waals surface area contributed by atoms with Crippen molar-refractivity contribution in [2.24, 2.45) is 5.73 Å². The van der Waals surface area contributed by atoms with Crippen LogP contribution in [0.25, 0.3) is 0 Å². The summed E-state index contributed by atoms with van der Waals surface area (Å²) in [5.74, 6) is -2.54. The third-order valence-corrected chi connectivity index (χ3v) is 3.62. The summed E-state index contributed by atoms with van der Waals surface area (Å²) in [6, 6.07) is 12.8. The highest BCUT2D eigenvalue weighted by Crippen LogP contribution is 2.17. The minimum Gasteiger partial charge on any atom is -0.459 e. The van der Waals surface area contributed by atoms with Gasteiger partial charge in [0.1, 0.15) is 5.82 Å². The monoisotopic (exact) mass is 367 g/mol. The number of carbonyl (C=O) groups excluding carboxylic acids is 3. The Balaban J connectivity index is 1.75. The molecule has 0 aliphatic carbocycles. The van der Waals surface area contributed by atoms with Gasteiger partial charge in [-0.1, -0.05) is 6.07 Å². The van der Waals surface area contributed by atoms with Crippen LogP contribution >= 0.6 is 0 Å². The molecule has 3 rings (SSSR count). The molecule has 7 nitrogen and oxygen atoms in total. The number of nitrogens with one attached hydrogen (secondary N) is 2. The Morgan fingerprint density at radius 1 is 0.889 bits per heavy atom. The molecule has 0 saturated carbocycles. The predicted molar refractivity (Wildman–Crippen MR) is 96.0 cm³/mol. The first-order valence-electron chi connectivity index (χ1n) is 7.79. The zero-order valence-corrected chi connectivity index (χ0v) is 13.9. The zero-order chi connectivity index (χ0) is 19.4. The van der Waals surface area contributed by atoms with Crippen molar-refractivity contribution in [2.75, 3.05) is 10.6 Å². The van der Waals surface area contributed by atoms with Gasteiger partial charge in [-0.05, 0) is 48.5 Å². The van der Waals surface area contributed by atoms with Crippen LogP contribution in [0, 0.1) is 5.82 Å². The molecule has 0 aliphatic rings. The fraction of sp³-hybridized carbons (Fsp3) is 0. The van der Waals surface area contributed by atoms with Crippen LogP contribution in [0.1, 0.15) is 31.3 Å². The highest BCUT2D eigenvalue weighted by molar-refractivity contribution is 6.07. The molecule has 0 unspecified atom stereocenters. The van der Waals surface area contributed by atoms with E-state index in [1.807, 2.05) is 0 Å². The van der Waals surface area contributed by atoms with Crippen LogP contribution in [-0.4, -0.2) is 17.7 Å². The van der Waals surface area contributed by atoms with E-state index in [-0.39, 0.29) is 22.6 Å². The molecule has 8 heteroatoms. The molecular weight excluding hydrogens is 353 g/mol. The maximum atomic E-state index is 13.5. The molecule has 27 heavy (non-hydrogen) atoms. The topological polar surface area (TPSA) is 114 Å². The first-order valence-corrected chi connectivity index (χ1v) is 7.79. The van der Waals surface area contributed by atoms with E-state index in [4.69, 9.17) is 10.2 Å². The Kier molecular flexibility index (Phi) is 4.98. The summed E-state index contributed by atoms with van der Waals surface area (Å²) in [6.45, 7) is 0. The standard InChI is InChI=1S/C19H14FN3O4/c20-15-7-6-13(10-14(15)17(21)24)22-18(25)11-3-1-4-12(9-11)23-19(26)16-5-2-8-27-16/h1-10H,(H2,21,24)(H,22,25)(H,23,26). The van der Waals surface area contributed by atoms with Crippen LogP contribution in [0.5, 0.6) is 0 Å². The third kappa shape index (κ3) is 4.18. The number of nitrogens with two attached hydrogens (primary N) is 1. The lowest BCUT2D eigenvalue weighted by Crippen LogP contribution is -2.16. The van der Waals surface area contributed by atoms with E-state index in [1.165, 1.54) is 30.5 Å². The molecule has 0 fully saturated rings. The van der Waals surface area contributed by atoms with Gasteiger partial charge in [0.05, 0.1) is 11.8 Å². The lowest BCUT2D eigenvalue weighted by atomic mass is 10.1. The number of halogens is 1. The maximum absolute atomic E-state index is 13.5. The lowest BCUT2D eigenvalue weighted by Gasteiger charge is -2.09. The molecular formula is C19H14FN3O4. The molecule has 0 bridgehead atoms. The summed E-state index contributed by atoms with van der Waals surface area (Å²) in [6.07, 6.45) is 1.38. The summed E-state index contributed by atoms with van der Waals surface area (Å²) in [5, 5.41) is 5.16. The third-order valence-electron chi connectivity index (χ3n) is 3.62. The Morgan fingerprint density at radius 2 is 1.63 bits per heavy atom. The fourth-order valence-electron chi connectivity index (χ4n) is 2.33. The summed E-state index contributed by atoms with van der Waals surface area (Å²) in [5.41, 5.74) is 5.61. The van der Waals surface area contributed by atoms with E-state index in [0.29, 0.717) is 5.69 Å². The summed E-state index contributed by atoms with van der Waals surface area (Å²) in [7, 11) is 0. The number of carbonyl (C=O) groups is 3. The van der Waals surface area contributed by atoms with Crippen LogP contribution in [0.2, 0.25) is 0 Å². The van der Waals surface area contributed by atoms with Gasteiger partial charge in [0.2, 0.25) is 0 Å².